The van der Waals surface area contributed by atoms with Crippen LogP contribution in [0.4, 0.5) is 11.4 Å². The Balaban J connectivity index is 1.78. The standard InChI is InChI=1S/C22H27N3O5S/c1-14(2)21(22(27)23-16-7-9-17(30-3)10-8-16)25-31(28,29)18-11-12-19-15(13-18)5-4-6-20(26)24-19/h7-14,21,25H,4-6H2,1-3H3,(H,23,27)(H,24,26)/t21-/m0/s1. The SMILES string of the molecule is COc1ccc(NC(=O)[C@@H](NS(=O)(=O)c2ccc3c(c2)CCCC(=O)N3)C(C)C)cc1. The Hall–Kier alpha value is -2.91. The first kappa shape index (κ1) is 22.8. The molecule has 2 amide bonds. The first-order valence-corrected chi connectivity index (χ1v) is 11.6. The highest BCUT2D eigenvalue weighted by Crippen LogP contribution is 2.25. The molecule has 0 aliphatic carbocycles. The van der Waals surface area contributed by atoms with E-state index in [4.69, 9.17) is 4.74 Å². The summed E-state index contributed by atoms with van der Waals surface area (Å²) in [4.78, 5) is 24.6. The second-order valence-corrected chi connectivity index (χ2v) is 9.50. The molecule has 2 aromatic carbocycles. The van der Waals surface area contributed by atoms with Crippen LogP contribution in [0.15, 0.2) is 47.4 Å². The number of carbonyl (C=O) groups excluding carboxylic acids is 2. The molecule has 1 heterocycles. The average molecular weight is 446 g/mol. The molecule has 31 heavy (non-hydrogen) atoms. The number of rotatable bonds is 7. The molecule has 2 aromatic rings. The summed E-state index contributed by atoms with van der Waals surface area (Å²) >= 11 is 0. The summed E-state index contributed by atoms with van der Waals surface area (Å²) in [5, 5.41) is 5.53. The third-order valence-electron chi connectivity index (χ3n) is 5.10. The zero-order valence-corrected chi connectivity index (χ0v) is 18.6. The van der Waals surface area contributed by atoms with Gasteiger partial charge in [-0.1, -0.05) is 13.8 Å². The minimum atomic E-state index is -3.95. The van der Waals surface area contributed by atoms with Crippen molar-refractivity contribution in [3.8, 4) is 5.75 Å². The summed E-state index contributed by atoms with van der Waals surface area (Å²) in [7, 11) is -2.41. The number of hydrogen-bond acceptors (Lipinski definition) is 5. The zero-order valence-electron chi connectivity index (χ0n) is 17.8. The van der Waals surface area contributed by atoms with Crippen LogP contribution < -0.4 is 20.1 Å². The molecule has 9 heteroatoms. The Morgan fingerprint density at radius 2 is 1.81 bits per heavy atom. The molecule has 3 N–H and O–H groups in total. The highest BCUT2D eigenvalue weighted by molar-refractivity contribution is 7.89. The number of anilines is 2. The van der Waals surface area contributed by atoms with Crippen LogP contribution in [0.3, 0.4) is 0 Å². The fraction of sp³-hybridized carbons (Fsp3) is 0.364. The normalized spacial score (nSPS) is 14.9. The van der Waals surface area contributed by atoms with Crippen LogP contribution >= 0.6 is 0 Å². The molecule has 1 aliphatic rings. The smallest absolute Gasteiger partial charge is 0.242 e. The van der Waals surface area contributed by atoms with Gasteiger partial charge in [0, 0.05) is 17.8 Å². The molecule has 1 atom stereocenters. The van der Waals surface area contributed by atoms with Gasteiger partial charge < -0.3 is 15.4 Å². The molecule has 0 saturated carbocycles. The highest BCUT2D eigenvalue weighted by Gasteiger charge is 2.29. The maximum absolute atomic E-state index is 13.0. The molecule has 0 spiro atoms. The minimum Gasteiger partial charge on any atom is -0.497 e. The van der Waals surface area contributed by atoms with E-state index >= 15 is 0 Å². The molecule has 0 bridgehead atoms. The number of carbonyl (C=O) groups is 2. The van der Waals surface area contributed by atoms with Gasteiger partial charge in [-0.3, -0.25) is 9.59 Å². The lowest BCUT2D eigenvalue weighted by atomic mass is 10.0. The Kier molecular flexibility index (Phi) is 6.97. The Morgan fingerprint density at radius 3 is 2.45 bits per heavy atom. The Labute approximate surface area is 182 Å². The van der Waals surface area contributed by atoms with E-state index in [9.17, 15) is 18.0 Å². The number of benzene rings is 2. The van der Waals surface area contributed by atoms with Gasteiger partial charge in [0.15, 0.2) is 0 Å². The molecule has 0 radical (unpaired) electrons. The quantitative estimate of drug-likeness (QED) is 0.606. The van der Waals surface area contributed by atoms with E-state index in [2.05, 4.69) is 15.4 Å². The van der Waals surface area contributed by atoms with Gasteiger partial charge in [0.2, 0.25) is 21.8 Å². The van der Waals surface area contributed by atoms with E-state index in [1.54, 1.807) is 57.4 Å². The van der Waals surface area contributed by atoms with Crippen LogP contribution in [-0.2, 0) is 26.0 Å². The fourth-order valence-electron chi connectivity index (χ4n) is 3.34. The lowest BCUT2D eigenvalue weighted by Crippen LogP contribution is -2.47. The van der Waals surface area contributed by atoms with Crippen molar-refractivity contribution >= 4 is 33.2 Å². The largest absolute Gasteiger partial charge is 0.497 e. The predicted octanol–water partition coefficient (Wildman–Crippen LogP) is 2.91. The van der Waals surface area contributed by atoms with Crippen molar-refractivity contribution < 1.29 is 22.7 Å². The first-order valence-electron chi connectivity index (χ1n) is 10.1. The van der Waals surface area contributed by atoms with Gasteiger partial charge in [-0.05, 0) is 66.8 Å². The predicted molar refractivity (Wildman–Crippen MR) is 119 cm³/mol. The second-order valence-electron chi connectivity index (χ2n) is 7.78. The number of fused-ring (bicyclic) bond motifs is 1. The van der Waals surface area contributed by atoms with Crippen LogP contribution in [0.1, 0.15) is 32.3 Å². The van der Waals surface area contributed by atoms with Gasteiger partial charge in [0.1, 0.15) is 11.8 Å². The lowest BCUT2D eigenvalue weighted by molar-refractivity contribution is -0.118. The maximum atomic E-state index is 13.0. The van der Waals surface area contributed by atoms with E-state index in [0.29, 0.717) is 36.4 Å². The van der Waals surface area contributed by atoms with Gasteiger partial charge in [-0.15, -0.1) is 0 Å². The molecule has 166 valence electrons. The van der Waals surface area contributed by atoms with Gasteiger partial charge in [-0.25, -0.2) is 8.42 Å². The molecule has 3 rings (SSSR count). The molecule has 0 unspecified atom stereocenters. The third kappa shape index (κ3) is 5.62. The van der Waals surface area contributed by atoms with Crippen molar-refractivity contribution in [3.05, 3.63) is 48.0 Å². The summed E-state index contributed by atoms with van der Waals surface area (Å²) in [6.07, 6.45) is 1.65. The number of nitrogens with one attached hydrogen (secondary N) is 3. The Bertz CT molecular complexity index is 1070. The fourth-order valence-corrected chi connectivity index (χ4v) is 4.73. The molecule has 0 saturated heterocycles. The van der Waals surface area contributed by atoms with Crippen LogP contribution in [0.5, 0.6) is 5.75 Å². The van der Waals surface area contributed by atoms with Gasteiger partial charge in [0.05, 0.1) is 12.0 Å². The second kappa shape index (κ2) is 9.49. The van der Waals surface area contributed by atoms with E-state index < -0.39 is 22.0 Å². The molecule has 0 aromatic heterocycles. The first-order chi connectivity index (χ1) is 14.7. The van der Waals surface area contributed by atoms with E-state index in [1.807, 2.05) is 0 Å². The van der Waals surface area contributed by atoms with Crippen molar-refractivity contribution in [2.45, 2.75) is 44.0 Å². The lowest BCUT2D eigenvalue weighted by Gasteiger charge is -2.22. The van der Waals surface area contributed by atoms with Crippen molar-refractivity contribution in [1.29, 1.82) is 0 Å². The number of aryl methyl sites for hydroxylation is 1. The number of ether oxygens (including phenoxy) is 1. The molecule has 0 fully saturated rings. The summed E-state index contributed by atoms with van der Waals surface area (Å²) in [5.74, 6) is -0.167. The summed E-state index contributed by atoms with van der Waals surface area (Å²) in [6, 6.07) is 10.4. The van der Waals surface area contributed by atoms with Crippen molar-refractivity contribution in [3.63, 3.8) is 0 Å². The molecule has 1 aliphatic heterocycles. The van der Waals surface area contributed by atoms with Crippen molar-refractivity contribution in [2.75, 3.05) is 17.7 Å². The van der Waals surface area contributed by atoms with E-state index in [-0.39, 0.29) is 16.7 Å². The van der Waals surface area contributed by atoms with Crippen LogP contribution in [0, 0.1) is 5.92 Å². The summed E-state index contributed by atoms with van der Waals surface area (Å²) in [5.41, 5.74) is 1.92. The number of sulfonamides is 1. The third-order valence-corrected chi connectivity index (χ3v) is 6.54. The topological polar surface area (TPSA) is 114 Å². The number of hydrogen-bond donors (Lipinski definition) is 3. The minimum absolute atomic E-state index is 0.0605. The summed E-state index contributed by atoms with van der Waals surface area (Å²) < 4.78 is 33.7. The molecular formula is C22H27N3O5S. The van der Waals surface area contributed by atoms with E-state index in [0.717, 1.165) is 5.56 Å². The Morgan fingerprint density at radius 1 is 1.10 bits per heavy atom. The van der Waals surface area contributed by atoms with Crippen molar-refractivity contribution in [1.82, 2.24) is 4.72 Å². The highest BCUT2D eigenvalue weighted by atomic mass is 32.2. The summed E-state index contributed by atoms with van der Waals surface area (Å²) in [6.45, 7) is 3.54. The van der Waals surface area contributed by atoms with Crippen LogP contribution in [0.2, 0.25) is 0 Å². The van der Waals surface area contributed by atoms with Crippen LogP contribution in [0.25, 0.3) is 0 Å². The number of methoxy groups -OCH3 is 1. The van der Waals surface area contributed by atoms with Gasteiger partial charge in [0.25, 0.3) is 0 Å². The van der Waals surface area contributed by atoms with Gasteiger partial charge >= 0.3 is 0 Å². The molecular weight excluding hydrogens is 418 g/mol. The van der Waals surface area contributed by atoms with E-state index in [1.165, 1.54) is 6.07 Å². The van der Waals surface area contributed by atoms with Crippen molar-refractivity contribution in [2.24, 2.45) is 5.92 Å². The zero-order chi connectivity index (χ0) is 22.6. The molecule has 8 nitrogen and oxygen atoms in total. The average Bonchev–Trinajstić information content (AvgIpc) is 2.92. The monoisotopic (exact) mass is 445 g/mol. The number of amides is 2. The van der Waals surface area contributed by atoms with Gasteiger partial charge in [-0.2, -0.15) is 4.72 Å². The maximum Gasteiger partial charge on any atom is 0.242 e. The van der Waals surface area contributed by atoms with Crippen LogP contribution in [-0.4, -0.2) is 33.4 Å².